The Morgan fingerprint density at radius 1 is 1.18 bits per heavy atom. The fraction of sp³-hybridized carbons (Fsp3) is 0.440. The molecule has 0 bridgehead atoms. The molecule has 2 saturated heterocycles. The van der Waals surface area contributed by atoms with E-state index in [2.05, 4.69) is 51.8 Å². The molecule has 0 saturated carbocycles. The third-order valence-electron chi connectivity index (χ3n) is 7.02. The van der Waals surface area contributed by atoms with Gasteiger partial charge < -0.3 is 19.7 Å². The number of hydrogen-bond acceptors (Lipinski definition) is 4. The van der Waals surface area contributed by atoms with E-state index < -0.39 is 0 Å². The molecular formula is C25H29Cl2N5O. The molecule has 0 radical (unpaired) electrons. The molecule has 33 heavy (non-hydrogen) atoms. The Balaban J connectivity index is 1.37. The number of carbonyl (C=O) groups is 1. The molecule has 1 amide bonds. The molecule has 5 rings (SSSR count). The van der Waals surface area contributed by atoms with Crippen molar-refractivity contribution >= 4 is 45.8 Å². The molecule has 1 N–H and O–H groups in total. The molecule has 3 aromatic rings. The first-order valence-electron chi connectivity index (χ1n) is 11.6. The number of hydrogen-bond donors (Lipinski definition) is 1. The summed E-state index contributed by atoms with van der Waals surface area (Å²) in [6, 6.07) is 12.2. The zero-order chi connectivity index (χ0) is 23.1. The number of piperazine rings is 1. The smallest absolute Gasteiger partial charge is 0.240 e. The van der Waals surface area contributed by atoms with Gasteiger partial charge in [0.2, 0.25) is 5.91 Å². The first kappa shape index (κ1) is 22.5. The molecule has 6 nitrogen and oxygen atoms in total. The quantitative estimate of drug-likeness (QED) is 0.579. The van der Waals surface area contributed by atoms with Crippen LogP contribution in [-0.4, -0.2) is 58.6 Å². The number of carbonyl (C=O) groups excluding carboxylic acids is 1. The second-order valence-corrected chi connectivity index (χ2v) is 9.99. The second kappa shape index (κ2) is 9.16. The maximum atomic E-state index is 12.9. The summed E-state index contributed by atoms with van der Waals surface area (Å²) in [5.41, 5.74) is 4.17. The van der Waals surface area contributed by atoms with Gasteiger partial charge in [0.15, 0.2) is 0 Å². The van der Waals surface area contributed by atoms with Crippen LogP contribution in [0.15, 0.2) is 42.7 Å². The summed E-state index contributed by atoms with van der Waals surface area (Å²) in [6.45, 7) is 7.58. The van der Waals surface area contributed by atoms with E-state index >= 15 is 0 Å². The monoisotopic (exact) mass is 485 g/mol. The van der Waals surface area contributed by atoms with Gasteiger partial charge >= 0.3 is 0 Å². The Hall–Kier alpha value is -2.28. The summed E-state index contributed by atoms with van der Waals surface area (Å²) in [5.74, 6) is 0.252. The molecule has 174 valence electrons. The highest BCUT2D eigenvalue weighted by molar-refractivity contribution is 6.35. The van der Waals surface area contributed by atoms with Gasteiger partial charge in [0.1, 0.15) is 0 Å². The minimum absolute atomic E-state index is 0.00844. The number of aromatic nitrogens is 2. The van der Waals surface area contributed by atoms with Crippen LogP contribution in [0.3, 0.4) is 0 Å². The van der Waals surface area contributed by atoms with Crippen molar-refractivity contribution in [1.82, 2.24) is 19.8 Å². The van der Waals surface area contributed by atoms with Gasteiger partial charge in [-0.05, 0) is 69.1 Å². The predicted octanol–water partition coefficient (Wildman–Crippen LogP) is 4.74. The van der Waals surface area contributed by atoms with Crippen molar-refractivity contribution in [3.63, 3.8) is 0 Å². The summed E-state index contributed by atoms with van der Waals surface area (Å²) in [6.07, 6.45) is 3.90. The van der Waals surface area contributed by atoms with Gasteiger partial charge in [-0.3, -0.25) is 4.79 Å². The largest absolute Gasteiger partial charge is 0.368 e. The lowest BCUT2D eigenvalue weighted by Crippen LogP contribution is -2.57. The van der Waals surface area contributed by atoms with Crippen LogP contribution in [0.2, 0.25) is 10.0 Å². The summed E-state index contributed by atoms with van der Waals surface area (Å²) in [4.78, 5) is 21.9. The summed E-state index contributed by atoms with van der Waals surface area (Å²) in [5, 5.41) is 4.62. The maximum Gasteiger partial charge on any atom is 0.240 e. The fourth-order valence-electron chi connectivity index (χ4n) is 5.12. The standard InChI is InChI=1S/C25H29Cl2N5O/c1-16-14-30(10-11-31(16)25(33)23-4-3-9-28-23)19-6-8-22-24(13-19)32(15-29-22)17(2)20-7-5-18(26)12-21(20)27/h5-8,12-13,15-17,23,28H,3-4,9-11,14H2,1-2H3/t16-,17-,23?/m1/s1. The lowest BCUT2D eigenvalue weighted by Gasteiger charge is -2.42. The molecule has 3 atom stereocenters. The number of fused-ring (bicyclic) bond motifs is 1. The third-order valence-corrected chi connectivity index (χ3v) is 7.58. The van der Waals surface area contributed by atoms with E-state index in [1.165, 1.54) is 0 Å². The van der Waals surface area contributed by atoms with Crippen molar-refractivity contribution in [2.24, 2.45) is 0 Å². The predicted molar refractivity (Wildman–Crippen MR) is 134 cm³/mol. The highest BCUT2D eigenvalue weighted by Crippen LogP contribution is 2.32. The van der Waals surface area contributed by atoms with Crippen LogP contribution in [0, 0.1) is 0 Å². The van der Waals surface area contributed by atoms with Crippen molar-refractivity contribution in [2.45, 2.75) is 44.8 Å². The Kier molecular flexibility index (Phi) is 6.25. The maximum absolute atomic E-state index is 12.9. The van der Waals surface area contributed by atoms with E-state index in [9.17, 15) is 4.79 Å². The highest BCUT2D eigenvalue weighted by atomic mass is 35.5. The fourth-order valence-corrected chi connectivity index (χ4v) is 5.69. The highest BCUT2D eigenvalue weighted by Gasteiger charge is 2.33. The number of halogens is 2. The molecular weight excluding hydrogens is 457 g/mol. The number of imidazole rings is 1. The van der Waals surface area contributed by atoms with E-state index in [-0.39, 0.29) is 24.0 Å². The molecule has 2 aliphatic rings. The van der Waals surface area contributed by atoms with E-state index in [1.807, 2.05) is 23.4 Å². The number of amides is 1. The Labute approximate surface area is 204 Å². The van der Waals surface area contributed by atoms with Crippen LogP contribution >= 0.6 is 23.2 Å². The zero-order valence-electron chi connectivity index (χ0n) is 19.0. The van der Waals surface area contributed by atoms with Gasteiger partial charge in [0, 0.05) is 41.4 Å². The average Bonchev–Trinajstić information content (AvgIpc) is 3.48. The number of nitrogens with zero attached hydrogens (tertiary/aromatic N) is 4. The third kappa shape index (κ3) is 4.32. The van der Waals surface area contributed by atoms with Gasteiger partial charge in [-0.25, -0.2) is 4.98 Å². The molecule has 0 spiro atoms. The molecule has 0 aliphatic carbocycles. The van der Waals surface area contributed by atoms with Crippen LogP contribution in [0.1, 0.15) is 38.3 Å². The van der Waals surface area contributed by atoms with Crippen LogP contribution in [0.25, 0.3) is 11.0 Å². The van der Waals surface area contributed by atoms with Crippen molar-refractivity contribution in [3.05, 3.63) is 58.3 Å². The average molecular weight is 486 g/mol. The van der Waals surface area contributed by atoms with Crippen LogP contribution in [-0.2, 0) is 4.79 Å². The van der Waals surface area contributed by atoms with Crippen LogP contribution in [0.4, 0.5) is 5.69 Å². The van der Waals surface area contributed by atoms with Crippen molar-refractivity contribution in [2.75, 3.05) is 31.1 Å². The Bertz CT molecular complexity index is 1170. The van der Waals surface area contributed by atoms with Gasteiger partial charge in [-0.2, -0.15) is 0 Å². The zero-order valence-corrected chi connectivity index (χ0v) is 20.5. The SMILES string of the molecule is C[C@@H]1CN(c2ccc3ncn([C@H](C)c4ccc(Cl)cc4Cl)c3c2)CCN1C(=O)C1CCCN1. The van der Waals surface area contributed by atoms with Gasteiger partial charge in [-0.1, -0.05) is 29.3 Å². The van der Waals surface area contributed by atoms with Crippen molar-refractivity contribution < 1.29 is 4.79 Å². The minimum atomic E-state index is -0.00844. The van der Waals surface area contributed by atoms with Crippen LogP contribution < -0.4 is 10.2 Å². The Morgan fingerprint density at radius 2 is 2.03 bits per heavy atom. The number of benzene rings is 2. The van der Waals surface area contributed by atoms with Gasteiger partial charge in [0.05, 0.1) is 29.4 Å². The van der Waals surface area contributed by atoms with E-state index in [1.54, 1.807) is 6.07 Å². The molecule has 2 aromatic carbocycles. The van der Waals surface area contributed by atoms with Gasteiger partial charge in [-0.15, -0.1) is 0 Å². The lowest BCUT2D eigenvalue weighted by molar-refractivity contribution is -0.135. The number of anilines is 1. The molecule has 2 fully saturated rings. The van der Waals surface area contributed by atoms with E-state index in [4.69, 9.17) is 23.2 Å². The first-order valence-corrected chi connectivity index (χ1v) is 12.4. The van der Waals surface area contributed by atoms with E-state index in [0.29, 0.717) is 10.0 Å². The summed E-state index contributed by atoms with van der Waals surface area (Å²) in [7, 11) is 0. The van der Waals surface area contributed by atoms with Crippen molar-refractivity contribution in [3.8, 4) is 0 Å². The van der Waals surface area contributed by atoms with E-state index in [0.717, 1.165) is 61.3 Å². The minimum Gasteiger partial charge on any atom is -0.368 e. The normalized spacial score (nSPS) is 22.2. The number of rotatable bonds is 4. The molecule has 2 aliphatic heterocycles. The Morgan fingerprint density at radius 3 is 2.76 bits per heavy atom. The molecule has 8 heteroatoms. The molecule has 1 unspecified atom stereocenters. The van der Waals surface area contributed by atoms with Gasteiger partial charge in [0.25, 0.3) is 0 Å². The lowest BCUT2D eigenvalue weighted by atomic mass is 10.1. The summed E-state index contributed by atoms with van der Waals surface area (Å²) >= 11 is 12.6. The topological polar surface area (TPSA) is 53.4 Å². The van der Waals surface area contributed by atoms with Crippen LogP contribution in [0.5, 0.6) is 0 Å². The van der Waals surface area contributed by atoms with Crippen molar-refractivity contribution in [1.29, 1.82) is 0 Å². The summed E-state index contributed by atoms with van der Waals surface area (Å²) < 4.78 is 2.16. The second-order valence-electron chi connectivity index (χ2n) is 9.14. The molecule has 3 heterocycles. The first-order chi connectivity index (χ1) is 15.9. The molecule has 1 aromatic heterocycles. The number of nitrogens with one attached hydrogen (secondary N) is 1.